The van der Waals surface area contributed by atoms with Gasteiger partial charge in [0, 0.05) is 24.8 Å². The first kappa shape index (κ1) is 17.4. The summed E-state index contributed by atoms with van der Waals surface area (Å²) in [4.78, 5) is 16.3. The van der Waals surface area contributed by atoms with Crippen molar-refractivity contribution in [2.24, 2.45) is 0 Å². The Hall–Kier alpha value is -3.40. The van der Waals surface area contributed by atoms with Crippen LogP contribution < -0.4 is 0 Å². The molecule has 0 radical (unpaired) electrons. The maximum absolute atomic E-state index is 4.08. The summed E-state index contributed by atoms with van der Waals surface area (Å²) in [5, 5.41) is 0. The highest BCUT2D eigenvalue weighted by molar-refractivity contribution is 5.25. The lowest BCUT2D eigenvalue weighted by atomic mass is 10.1. The molecule has 0 aliphatic rings. The smallest absolute Gasteiger partial charge is 0.135 e. The maximum atomic E-state index is 4.08. The summed E-state index contributed by atoms with van der Waals surface area (Å²) in [5.74, 6) is 1.49. The van der Waals surface area contributed by atoms with Crippen LogP contribution in [-0.4, -0.2) is 19.9 Å². The van der Waals surface area contributed by atoms with E-state index >= 15 is 0 Å². The van der Waals surface area contributed by atoms with E-state index in [0.29, 0.717) is 6.42 Å². The lowest BCUT2D eigenvalue weighted by Gasteiger charge is -2.00. The first-order valence-electron chi connectivity index (χ1n) is 8.50. The van der Waals surface area contributed by atoms with Gasteiger partial charge in [0.05, 0.1) is 6.42 Å². The second-order valence-corrected chi connectivity index (χ2v) is 5.65. The van der Waals surface area contributed by atoms with Crippen LogP contribution >= 0.6 is 0 Å². The van der Waals surface area contributed by atoms with Gasteiger partial charge in [0.1, 0.15) is 11.6 Å². The Bertz CT molecular complexity index is 715. The average Bonchev–Trinajstić information content (AvgIpc) is 2.72. The molecule has 26 heavy (non-hydrogen) atoms. The Balaban J connectivity index is 0.000000151. The molecule has 0 atom stereocenters. The number of hydrogen-bond acceptors (Lipinski definition) is 4. The molecule has 0 amide bonds. The fraction of sp³-hybridized carbons (Fsp3) is 0.0909. The SMILES string of the molecule is c1ccc(Cc2ccccc2)cc1.c1cnc(Cc2ncccn2)nc1. The van der Waals surface area contributed by atoms with Gasteiger partial charge in [-0.1, -0.05) is 60.7 Å². The first-order chi connectivity index (χ1) is 12.9. The molecular weight excluding hydrogens is 320 g/mol. The van der Waals surface area contributed by atoms with Gasteiger partial charge in [0.15, 0.2) is 0 Å². The van der Waals surface area contributed by atoms with E-state index in [4.69, 9.17) is 0 Å². The predicted octanol–water partition coefficient (Wildman–Crippen LogP) is 4.13. The van der Waals surface area contributed by atoms with E-state index in [9.17, 15) is 0 Å². The molecule has 4 aromatic rings. The first-order valence-corrected chi connectivity index (χ1v) is 8.50. The Kier molecular flexibility index (Phi) is 6.56. The number of benzene rings is 2. The van der Waals surface area contributed by atoms with Crippen molar-refractivity contribution in [1.29, 1.82) is 0 Å². The molecule has 0 aliphatic heterocycles. The molecule has 0 aliphatic carbocycles. The molecule has 128 valence electrons. The quantitative estimate of drug-likeness (QED) is 0.560. The standard InChI is InChI=1S/C13H12.C9H8N4/c1-3-7-12(8-4-1)11-13-9-5-2-6-10-13;1-3-10-8(11-4-1)7-9-12-5-2-6-13-9/h1-10H,11H2;1-6H,7H2. The minimum Gasteiger partial charge on any atom is -0.241 e. The zero-order valence-corrected chi connectivity index (χ0v) is 14.4. The number of aromatic nitrogens is 4. The lowest BCUT2D eigenvalue weighted by Crippen LogP contribution is -1.99. The van der Waals surface area contributed by atoms with Crippen LogP contribution in [0.2, 0.25) is 0 Å². The van der Waals surface area contributed by atoms with Crippen LogP contribution in [0, 0.1) is 0 Å². The van der Waals surface area contributed by atoms with Gasteiger partial charge in [-0.05, 0) is 29.7 Å². The van der Waals surface area contributed by atoms with E-state index in [0.717, 1.165) is 18.1 Å². The summed E-state index contributed by atoms with van der Waals surface area (Å²) in [6.45, 7) is 0. The highest BCUT2D eigenvalue weighted by Crippen LogP contribution is 2.07. The van der Waals surface area contributed by atoms with Crippen LogP contribution in [0.5, 0.6) is 0 Å². The Morgan fingerprint density at radius 2 is 0.808 bits per heavy atom. The zero-order valence-electron chi connectivity index (χ0n) is 14.4. The highest BCUT2D eigenvalue weighted by atomic mass is 14.9. The van der Waals surface area contributed by atoms with E-state index in [-0.39, 0.29) is 0 Å². The molecule has 4 heteroatoms. The van der Waals surface area contributed by atoms with Crippen molar-refractivity contribution in [3.05, 3.63) is 120 Å². The summed E-state index contributed by atoms with van der Waals surface area (Å²) in [6.07, 6.45) is 8.47. The molecule has 2 aromatic heterocycles. The Morgan fingerprint density at radius 3 is 1.19 bits per heavy atom. The van der Waals surface area contributed by atoms with Gasteiger partial charge < -0.3 is 0 Å². The zero-order chi connectivity index (χ0) is 17.9. The van der Waals surface area contributed by atoms with Crippen molar-refractivity contribution in [2.75, 3.05) is 0 Å². The summed E-state index contributed by atoms with van der Waals surface area (Å²) in [6, 6.07) is 24.6. The third-order valence-corrected chi connectivity index (χ3v) is 3.65. The molecule has 0 saturated heterocycles. The van der Waals surface area contributed by atoms with Gasteiger partial charge >= 0.3 is 0 Å². The molecule has 0 N–H and O–H groups in total. The van der Waals surface area contributed by atoms with E-state index in [2.05, 4.69) is 80.6 Å². The van der Waals surface area contributed by atoms with Gasteiger partial charge in [-0.15, -0.1) is 0 Å². The monoisotopic (exact) mass is 340 g/mol. The molecule has 0 fully saturated rings. The number of hydrogen-bond donors (Lipinski definition) is 0. The topological polar surface area (TPSA) is 51.6 Å². The van der Waals surface area contributed by atoms with Crippen LogP contribution in [0.15, 0.2) is 97.6 Å². The fourth-order valence-corrected chi connectivity index (χ4v) is 2.41. The van der Waals surface area contributed by atoms with Crippen LogP contribution in [0.25, 0.3) is 0 Å². The average molecular weight is 340 g/mol. The Labute approximate surface area is 153 Å². The van der Waals surface area contributed by atoms with Gasteiger partial charge in [0.2, 0.25) is 0 Å². The number of nitrogens with zero attached hydrogens (tertiary/aromatic N) is 4. The van der Waals surface area contributed by atoms with Crippen LogP contribution in [0.3, 0.4) is 0 Å². The maximum Gasteiger partial charge on any atom is 0.135 e. The van der Waals surface area contributed by atoms with Gasteiger partial charge in [-0.3, -0.25) is 0 Å². The van der Waals surface area contributed by atoms with Gasteiger partial charge in [-0.2, -0.15) is 0 Å². The molecule has 4 nitrogen and oxygen atoms in total. The van der Waals surface area contributed by atoms with Crippen molar-refractivity contribution in [3.8, 4) is 0 Å². The van der Waals surface area contributed by atoms with Gasteiger partial charge in [0.25, 0.3) is 0 Å². The summed E-state index contributed by atoms with van der Waals surface area (Å²) in [7, 11) is 0. The van der Waals surface area contributed by atoms with Crippen LogP contribution in [0.1, 0.15) is 22.8 Å². The normalized spacial score (nSPS) is 9.85. The molecule has 4 rings (SSSR count). The van der Waals surface area contributed by atoms with E-state index < -0.39 is 0 Å². The van der Waals surface area contributed by atoms with E-state index in [1.54, 1.807) is 36.9 Å². The third kappa shape index (κ3) is 5.91. The highest BCUT2D eigenvalue weighted by Gasteiger charge is 1.98. The van der Waals surface area contributed by atoms with Crippen molar-refractivity contribution < 1.29 is 0 Å². The van der Waals surface area contributed by atoms with Crippen molar-refractivity contribution in [3.63, 3.8) is 0 Å². The number of rotatable bonds is 4. The second-order valence-electron chi connectivity index (χ2n) is 5.65. The minimum atomic E-state index is 0.585. The van der Waals surface area contributed by atoms with E-state index in [1.165, 1.54) is 11.1 Å². The van der Waals surface area contributed by atoms with Crippen molar-refractivity contribution in [1.82, 2.24) is 19.9 Å². The van der Waals surface area contributed by atoms with E-state index in [1.807, 2.05) is 0 Å². The molecule has 2 aromatic carbocycles. The molecular formula is C22H20N4. The molecule has 0 bridgehead atoms. The molecule has 2 heterocycles. The van der Waals surface area contributed by atoms with Crippen LogP contribution in [0.4, 0.5) is 0 Å². The van der Waals surface area contributed by atoms with Crippen molar-refractivity contribution in [2.45, 2.75) is 12.8 Å². The largest absolute Gasteiger partial charge is 0.241 e. The lowest BCUT2D eigenvalue weighted by molar-refractivity contribution is 0.887. The molecule has 0 unspecified atom stereocenters. The Morgan fingerprint density at radius 1 is 0.423 bits per heavy atom. The summed E-state index contributed by atoms with van der Waals surface area (Å²) < 4.78 is 0. The van der Waals surface area contributed by atoms with Crippen LogP contribution in [-0.2, 0) is 12.8 Å². The molecule has 0 saturated carbocycles. The predicted molar refractivity (Wildman–Crippen MR) is 103 cm³/mol. The minimum absolute atomic E-state index is 0.585. The third-order valence-electron chi connectivity index (χ3n) is 3.65. The fourth-order valence-electron chi connectivity index (χ4n) is 2.41. The van der Waals surface area contributed by atoms with Crippen molar-refractivity contribution >= 4 is 0 Å². The summed E-state index contributed by atoms with van der Waals surface area (Å²) >= 11 is 0. The second kappa shape index (κ2) is 9.79. The van der Waals surface area contributed by atoms with Gasteiger partial charge in [-0.25, -0.2) is 19.9 Å². The molecule has 0 spiro atoms. The summed E-state index contributed by atoms with van der Waals surface area (Å²) in [5.41, 5.74) is 2.74.